The lowest BCUT2D eigenvalue weighted by Gasteiger charge is -2.19. The van der Waals surface area contributed by atoms with E-state index in [9.17, 15) is 19.5 Å². The topological polar surface area (TPSA) is 143 Å². The van der Waals surface area contributed by atoms with Crippen molar-refractivity contribution >= 4 is 17.8 Å². The van der Waals surface area contributed by atoms with Crippen LogP contribution >= 0.6 is 0 Å². The summed E-state index contributed by atoms with van der Waals surface area (Å²) in [6.07, 6.45) is -3.21. The average Bonchev–Trinajstić information content (AvgIpc) is 2.73. The molecule has 0 unspecified atom stereocenters. The van der Waals surface area contributed by atoms with E-state index < -0.39 is 42.2 Å². The fraction of sp³-hybridized carbons (Fsp3) is 0.538. The molecule has 1 aliphatic heterocycles. The number of nitrogens with two attached hydrogens (primary N) is 1. The SMILES string of the molecule is CC(=O)OC[C@H]1O[C@@H](n2ccc(N)nc2=O)[C@@H](O)[C@@H]1OC(C)=O. The number of carbonyl (C=O) groups is 2. The molecule has 1 saturated heterocycles. The maximum Gasteiger partial charge on any atom is 0.351 e. The Morgan fingerprint density at radius 3 is 2.70 bits per heavy atom. The van der Waals surface area contributed by atoms with Gasteiger partial charge in [0.1, 0.15) is 24.6 Å². The van der Waals surface area contributed by atoms with Gasteiger partial charge in [0.05, 0.1) is 0 Å². The number of aliphatic hydroxyl groups excluding tert-OH is 1. The van der Waals surface area contributed by atoms with E-state index in [1.807, 2.05) is 0 Å². The van der Waals surface area contributed by atoms with Crippen LogP contribution in [-0.2, 0) is 23.8 Å². The van der Waals surface area contributed by atoms with Gasteiger partial charge in [0.15, 0.2) is 12.3 Å². The number of anilines is 1. The van der Waals surface area contributed by atoms with Gasteiger partial charge < -0.3 is 25.1 Å². The molecular formula is C13H17N3O7. The Morgan fingerprint density at radius 1 is 1.43 bits per heavy atom. The summed E-state index contributed by atoms with van der Waals surface area (Å²) in [4.78, 5) is 37.5. The lowest BCUT2D eigenvalue weighted by Crippen LogP contribution is -2.39. The molecule has 10 nitrogen and oxygen atoms in total. The van der Waals surface area contributed by atoms with Gasteiger partial charge in [0.25, 0.3) is 0 Å². The number of nitrogens with zero attached hydrogens (tertiary/aromatic N) is 2. The Hall–Kier alpha value is -2.46. The van der Waals surface area contributed by atoms with Crippen molar-refractivity contribution in [3.8, 4) is 0 Å². The van der Waals surface area contributed by atoms with E-state index in [1.54, 1.807) is 0 Å². The van der Waals surface area contributed by atoms with Crippen LogP contribution in [0.15, 0.2) is 17.1 Å². The molecule has 4 atom stereocenters. The molecule has 0 bridgehead atoms. The molecule has 0 saturated carbocycles. The van der Waals surface area contributed by atoms with Gasteiger partial charge in [-0.25, -0.2) is 4.79 Å². The Bertz CT molecular complexity index is 659. The molecule has 3 N–H and O–H groups in total. The highest BCUT2D eigenvalue weighted by Gasteiger charge is 2.47. The predicted molar refractivity (Wildman–Crippen MR) is 75.0 cm³/mol. The van der Waals surface area contributed by atoms with Gasteiger partial charge in [0, 0.05) is 20.0 Å². The molecule has 126 valence electrons. The number of nitrogen functional groups attached to an aromatic ring is 1. The van der Waals surface area contributed by atoms with Crippen LogP contribution in [0.1, 0.15) is 20.1 Å². The monoisotopic (exact) mass is 327 g/mol. The first kappa shape index (κ1) is 16.9. The van der Waals surface area contributed by atoms with Crippen molar-refractivity contribution in [2.24, 2.45) is 0 Å². The van der Waals surface area contributed by atoms with E-state index in [1.165, 1.54) is 26.1 Å². The molecule has 2 rings (SSSR count). The van der Waals surface area contributed by atoms with E-state index in [0.29, 0.717) is 0 Å². The molecule has 1 fully saturated rings. The molecular weight excluding hydrogens is 310 g/mol. The average molecular weight is 327 g/mol. The minimum atomic E-state index is -1.34. The summed E-state index contributed by atoms with van der Waals surface area (Å²) < 4.78 is 16.4. The number of hydrogen-bond donors (Lipinski definition) is 2. The first-order valence-corrected chi connectivity index (χ1v) is 6.78. The lowest BCUT2D eigenvalue weighted by atomic mass is 10.1. The largest absolute Gasteiger partial charge is 0.463 e. The van der Waals surface area contributed by atoms with Gasteiger partial charge in [-0.15, -0.1) is 0 Å². The quantitative estimate of drug-likeness (QED) is 0.637. The van der Waals surface area contributed by atoms with Crippen LogP contribution < -0.4 is 11.4 Å². The van der Waals surface area contributed by atoms with Crippen LogP contribution in [-0.4, -0.2) is 51.5 Å². The zero-order valence-corrected chi connectivity index (χ0v) is 12.5. The highest BCUT2D eigenvalue weighted by molar-refractivity contribution is 5.66. The van der Waals surface area contributed by atoms with Crippen molar-refractivity contribution in [2.75, 3.05) is 12.3 Å². The van der Waals surface area contributed by atoms with Gasteiger partial charge in [-0.05, 0) is 6.07 Å². The molecule has 0 aliphatic carbocycles. The van der Waals surface area contributed by atoms with Crippen LogP contribution in [0.4, 0.5) is 5.82 Å². The van der Waals surface area contributed by atoms with Crippen LogP contribution in [0.3, 0.4) is 0 Å². The summed E-state index contributed by atoms with van der Waals surface area (Å²) in [5.74, 6) is -1.18. The molecule has 0 aromatic carbocycles. The fourth-order valence-electron chi connectivity index (χ4n) is 2.24. The Balaban J connectivity index is 2.26. The Kier molecular flexibility index (Phi) is 4.96. The minimum Gasteiger partial charge on any atom is -0.463 e. The summed E-state index contributed by atoms with van der Waals surface area (Å²) >= 11 is 0. The number of ether oxygens (including phenoxy) is 3. The standard InChI is InChI=1S/C13H17N3O7/c1-6(17)21-5-8-11(22-7(2)18)10(19)12(23-8)16-4-3-9(14)15-13(16)20/h3-4,8,10-12,19H,5H2,1-2H3,(H2,14,15,20)/t8-,10+,11-,12-/m1/s1. The smallest absolute Gasteiger partial charge is 0.351 e. The zero-order chi connectivity index (χ0) is 17.1. The third-order valence-electron chi connectivity index (χ3n) is 3.19. The zero-order valence-electron chi connectivity index (χ0n) is 12.5. The van der Waals surface area contributed by atoms with E-state index in [0.717, 1.165) is 4.57 Å². The van der Waals surface area contributed by atoms with Crippen molar-refractivity contribution in [1.82, 2.24) is 9.55 Å². The molecule has 23 heavy (non-hydrogen) atoms. The summed E-state index contributed by atoms with van der Waals surface area (Å²) in [5, 5.41) is 10.3. The fourth-order valence-corrected chi connectivity index (χ4v) is 2.24. The lowest BCUT2D eigenvalue weighted by molar-refractivity contribution is -0.157. The molecule has 0 radical (unpaired) electrons. The number of aliphatic hydroxyl groups is 1. The van der Waals surface area contributed by atoms with Gasteiger partial charge in [-0.2, -0.15) is 4.98 Å². The van der Waals surface area contributed by atoms with E-state index in [4.69, 9.17) is 19.9 Å². The number of rotatable bonds is 4. The second-order valence-corrected chi connectivity index (χ2v) is 4.97. The first-order chi connectivity index (χ1) is 10.8. The van der Waals surface area contributed by atoms with Crippen molar-refractivity contribution in [3.63, 3.8) is 0 Å². The van der Waals surface area contributed by atoms with Gasteiger partial charge in [0.2, 0.25) is 0 Å². The van der Waals surface area contributed by atoms with Crippen LogP contribution in [0.25, 0.3) is 0 Å². The van der Waals surface area contributed by atoms with E-state index in [-0.39, 0.29) is 12.4 Å². The van der Waals surface area contributed by atoms with Crippen LogP contribution in [0.5, 0.6) is 0 Å². The van der Waals surface area contributed by atoms with Gasteiger partial charge in [-0.1, -0.05) is 0 Å². The van der Waals surface area contributed by atoms with E-state index in [2.05, 4.69) is 4.98 Å². The second-order valence-electron chi connectivity index (χ2n) is 4.97. The third-order valence-corrected chi connectivity index (χ3v) is 3.19. The van der Waals surface area contributed by atoms with Crippen LogP contribution in [0.2, 0.25) is 0 Å². The van der Waals surface area contributed by atoms with Crippen molar-refractivity contribution in [2.45, 2.75) is 38.4 Å². The molecule has 1 aromatic heterocycles. The molecule has 0 amide bonds. The van der Waals surface area contributed by atoms with Crippen LogP contribution in [0, 0.1) is 0 Å². The molecule has 1 aliphatic rings. The third kappa shape index (κ3) is 3.85. The Morgan fingerprint density at radius 2 is 2.13 bits per heavy atom. The number of carbonyl (C=O) groups excluding carboxylic acids is 2. The number of hydrogen-bond acceptors (Lipinski definition) is 9. The van der Waals surface area contributed by atoms with Gasteiger partial charge >= 0.3 is 17.6 Å². The number of esters is 2. The second kappa shape index (κ2) is 6.75. The summed E-state index contributed by atoms with van der Waals surface area (Å²) in [6.45, 7) is 2.13. The van der Waals surface area contributed by atoms with Gasteiger partial charge in [-0.3, -0.25) is 14.2 Å². The predicted octanol–water partition coefficient (Wildman–Crippen LogP) is -1.42. The molecule has 2 heterocycles. The van der Waals surface area contributed by atoms with Crippen molar-refractivity contribution in [3.05, 3.63) is 22.7 Å². The molecule has 1 aromatic rings. The maximum absolute atomic E-state index is 11.9. The highest BCUT2D eigenvalue weighted by atomic mass is 16.6. The van der Waals surface area contributed by atoms with Crippen molar-refractivity contribution < 1.29 is 28.9 Å². The minimum absolute atomic E-state index is 0.0201. The van der Waals surface area contributed by atoms with E-state index >= 15 is 0 Å². The maximum atomic E-state index is 11.9. The Labute approximate surface area is 130 Å². The normalized spacial score (nSPS) is 26.7. The molecule has 10 heteroatoms. The van der Waals surface area contributed by atoms with Crippen molar-refractivity contribution in [1.29, 1.82) is 0 Å². The highest BCUT2D eigenvalue weighted by Crippen LogP contribution is 2.31. The summed E-state index contributed by atoms with van der Waals surface area (Å²) in [7, 11) is 0. The number of aromatic nitrogens is 2. The summed E-state index contributed by atoms with van der Waals surface area (Å²) in [5.41, 5.74) is 4.68. The first-order valence-electron chi connectivity index (χ1n) is 6.78. The summed E-state index contributed by atoms with van der Waals surface area (Å²) in [6, 6.07) is 1.36. The molecule has 0 spiro atoms.